The second-order valence-electron chi connectivity index (χ2n) is 12.2. The van der Waals surface area contributed by atoms with Gasteiger partial charge in [-0.1, -0.05) is 156 Å². The van der Waals surface area contributed by atoms with Gasteiger partial charge in [0.15, 0.2) is 6.10 Å². The zero-order chi connectivity index (χ0) is 37.3. The van der Waals surface area contributed by atoms with Gasteiger partial charge in [-0.15, -0.1) is 0 Å². The van der Waals surface area contributed by atoms with Gasteiger partial charge >= 0.3 is 17.9 Å². The molecule has 0 aromatic carbocycles. The summed E-state index contributed by atoms with van der Waals surface area (Å²) in [6.07, 6.45) is 51.2. The molecular formula is C45H68O6. The van der Waals surface area contributed by atoms with E-state index in [0.29, 0.717) is 12.8 Å². The Balaban J connectivity index is 4.59. The molecule has 51 heavy (non-hydrogen) atoms. The van der Waals surface area contributed by atoms with Gasteiger partial charge in [0, 0.05) is 12.8 Å². The van der Waals surface area contributed by atoms with Crippen molar-refractivity contribution in [2.75, 3.05) is 13.2 Å². The number of rotatable bonds is 32. The highest BCUT2D eigenvalue weighted by Crippen LogP contribution is 2.09. The highest BCUT2D eigenvalue weighted by Gasteiger charge is 2.19. The SMILES string of the molecule is CC\C=C/C=C\C=C/C=C\C=C/CCCCCC(=O)OCC(COC(=O)CCC/C=C\CCCCCC)OC(=O)C/C=C\C/C=C\C/C=C\CC. The number of hydrogen-bond donors (Lipinski definition) is 0. The standard InChI is InChI=1S/C45H68O6/c1-4-7-10-13-16-19-20-21-22-23-24-27-29-32-35-38-44(47)50-41-42(51-45(48)39-36-33-30-26-18-15-12-9-6-3)40-49-43(46)37-34-31-28-25-17-14-11-8-5-2/h7,9-10,12-13,16,18-26,28,33,36,42H,4-6,8,11,14-15,17,27,29-32,34-35,37-41H2,1-3H3/b10-7-,12-9-,16-13-,20-19-,22-21-,24-23-,26-18-,28-25-,36-33-. The molecule has 284 valence electrons. The third-order valence-corrected chi connectivity index (χ3v) is 7.40. The summed E-state index contributed by atoms with van der Waals surface area (Å²) in [6.45, 7) is 6.12. The maximum atomic E-state index is 12.5. The van der Waals surface area contributed by atoms with E-state index in [0.717, 1.165) is 57.8 Å². The summed E-state index contributed by atoms with van der Waals surface area (Å²) in [5.41, 5.74) is 0. The lowest BCUT2D eigenvalue weighted by atomic mass is 10.1. The van der Waals surface area contributed by atoms with Crippen molar-refractivity contribution < 1.29 is 28.6 Å². The summed E-state index contributed by atoms with van der Waals surface area (Å²) < 4.78 is 16.4. The van der Waals surface area contributed by atoms with Gasteiger partial charge < -0.3 is 14.2 Å². The largest absolute Gasteiger partial charge is 0.462 e. The average molecular weight is 705 g/mol. The topological polar surface area (TPSA) is 78.9 Å². The highest BCUT2D eigenvalue weighted by atomic mass is 16.6. The van der Waals surface area contributed by atoms with Crippen LogP contribution in [-0.2, 0) is 28.6 Å². The van der Waals surface area contributed by atoms with E-state index in [2.05, 4.69) is 63.3 Å². The van der Waals surface area contributed by atoms with Crippen LogP contribution in [0.15, 0.2) is 109 Å². The summed E-state index contributed by atoms with van der Waals surface area (Å²) in [5.74, 6) is -1.17. The predicted molar refractivity (Wildman–Crippen MR) is 214 cm³/mol. The Hall–Kier alpha value is -3.93. The minimum Gasteiger partial charge on any atom is -0.462 e. The van der Waals surface area contributed by atoms with E-state index >= 15 is 0 Å². The van der Waals surface area contributed by atoms with Gasteiger partial charge in [-0.25, -0.2) is 0 Å². The van der Waals surface area contributed by atoms with Crippen LogP contribution in [0, 0.1) is 0 Å². The first-order valence-corrected chi connectivity index (χ1v) is 19.5. The van der Waals surface area contributed by atoms with Gasteiger partial charge in [0.05, 0.1) is 6.42 Å². The molecule has 0 bridgehead atoms. The maximum Gasteiger partial charge on any atom is 0.310 e. The van der Waals surface area contributed by atoms with Crippen LogP contribution in [0.4, 0.5) is 0 Å². The van der Waals surface area contributed by atoms with E-state index in [1.807, 2.05) is 60.8 Å². The van der Waals surface area contributed by atoms with Crippen LogP contribution in [0.3, 0.4) is 0 Å². The molecule has 0 aromatic heterocycles. The number of carbonyl (C=O) groups excluding carboxylic acids is 3. The van der Waals surface area contributed by atoms with Crippen molar-refractivity contribution in [2.45, 2.75) is 142 Å². The smallest absolute Gasteiger partial charge is 0.310 e. The normalized spacial score (nSPS) is 13.2. The lowest BCUT2D eigenvalue weighted by Crippen LogP contribution is -2.30. The molecule has 6 nitrogen and oxygen atoms in total. The molecule has 1 unspecified atom stereocenters. The van der Waals surface area contributed by atoms with Gasteiger partial charge in [0.2, 0.25) is 0 Å². The molecule has 0 aromatic rings. The Morgan fingerprint density at radius 1 is 0.451 bits per heavy atom. The van der Waals surface area contributed by atoms with E-state index in [4.69, 9.17) is 14.2 Å². The van der Waals surface area contributed by atoms with Crippen molar-refractivity contribution in [3.63, 3.8) is 0 Å². The molecule has 1 atom stereocenters. The molecule has 0 aliphatic rings. The number of hydrogen-bond acceptors (Lipinski definition) is 6. The summed E-state index contributed by atoms with van der Waals surface area (Å²) in [5, 5.41) is 0. The number of carbonyl (C=O) groups is 3. The van der Waals surface area contributed by atoms with Gasteiger partial charge in [0.25, 0.3) is 0 Å². The first-order chi connectivity index (χ1) is 25.0. The van der Waals surface area contributed by atoms with Gasteiger partial charge in [-0.2, -0.15) is 0 Å². The molecule has 0 heterocycles. The van der Waals surface area contributed by atoms with E-state index in [1.54, 1.807) is 6.08 Å². The Kier molecular flexibility index (Phi) is 35.9. The van der Waals surface area contributed by atoms with Crippen LogP contribution in [0.2, 0.25) is 0 Å². The molecule has 0 saturated carbocycles. The summed E-state index contributed by atoms with van der Waals surface area (Å²) in [6, 6.07) is 0. The molecule has 0 aliphatic carbocycles. The number of ether oxygens (including phenoxy) is 3. The maximum absolute atomic E-state index is 12.5. The molecule has 0 radical (unpaired) electrons. The first-order valence-electron chi connectivity index (χ1n) is 19.5. The van der Waals surface area contributed by atoms with Crippen molar-refractivity contribution >= 4 is 17.9 Å². The van der Waals surface area contributed by atoms with Crippen LogP contribution < -0.4 is 0 Å². The van der Waals surface area contributed by atoms with Crippen LogP contribution >= 0.6 is 0 Å². The molecule has 0 rings (SSSR count). The van der Waals surface area contributed by atoms with E-state index in [-0.39, 0.29) is 44.4 Å². The number of unbranched alkanes of at least 4 members (excludes halogenated alkanes) is 8. The molecule has 6 heteroatoms. The van der Waals surface area contributed by atoms with E-state index in [1.165, 1.54) is 25.7 Å². The Bertz CT molecular complexity index is 1130. The molecule has 0 amide bonds. The molecule has 0 spiro atoms. The molecular weight excluding hydrogens is 636 g/mol. The van der Waals surface area contributed by atoms with Crippen molar-refractivity contribution in [1.29, 1.82) is 0 Å². The fraction of sp³-hybridized carbons (Fsp3) is 0.533. The predicted octanol–water partition coefficient (Wildman–Crippen LogP) is 12.1. The lowest BCUT2D eigenvalue weighted by Gasteiger charge is -2.18. The van der Waals surface area contributed by atoms with Crippen LogP contribution in [0.1, 0.15) is 136 Å². The first kappa shape index (κ1) is 47.1. The van der Waals surface area contributed by atoms with Crippen LogP contribution in [0.25, 0.3) is 0 Å². The zero-order valence-electron chi connectivity index (χ0n) is 32.1. The third kappa shape index (κ3) is 37.2. The minimum absolute atomic E-state index is 0.0853. The molecule has 0 saturated heterocycles. The Labute approximate surface area is 310 Å². The van der Waals surface area contributed by atoms with Gasteiger partial charge in [-0.3, -0.25) is 14.4 Å². The van der Waals surface area contributed by atoms with Crippen LogP contribution in [0.5, 0.6) is 0 Å². The average Bonchev–Trinajstić information content (AvgIpc) is 3.12. The number of allylic oxidation sites excluding steroid dienone is 17. The quantitative estimate of drug-likeness (QED) is 0.0228. The van der Waals surface area contributed by atoms with Crippen molar-refractivity contribution in [3.05, 3.63) is 109 Å². The Morgan fingerprint density at radius 3 is 1.55 bits per heavy atom. The molecule has 0 fully saturated rings. The van der Waals surface area contributed by atoms with E-state index in [9.17, 15) is 14.4 Å². The third-order valence-electron chi connectivity index (χ3n) is 7.40. The highest BCUT2D eigenvalue weighted by molar-refractivity contribution is 5.72. The zero-order valence-corrected chi connectivity index (χ0v) is 32.1. The second-order valence-corrected chi connectivity index (χ2v) is 12.2. The van der Waals surface area contributed by atoms with Crippen molar-refractivity contribution in [1.82, 2.24) is 0 Å². The monoisotopic (exact) mass is 705 g/mol. The molecule has 0 N–H and O–H groups in total. The number of esters is 3. The van der Waals surface area contributed by atoms with Gasteiger partial charge in [-0.05, 0) is 70.6 Å². The molecule has 0 aliphatic heterocycles. The summed E-state index contributed by atoms with van der Waals surface area (Å²) in [7, 11) is 0. The fourth-order valence-corrected chi connectivity index (χ4v) is 4.53. The summed E-state index contributed by atoms with van der Waals surface area (Å²) in [4.78, 5) is 37.3. The van der Waals surface area contributed by atoms with Crippen molar-refractivity contribution in [3.8, 4) is 0 Å². The van der Waals surface area contributed by atoms with E-state index < -0.39 is 12.1 Å². The van der Waals surface area contributed by atoms with Crippen molar-refractivity contribution in [2.24, 2.45) is 0 Å². The fourth-order valence-electron chi connectivity index (χ4n) is 4.53. The van der Waals surface area contributed by atoms with Crippen LogP contribution in [-0.4, -0.2) is 37.2 Å². The summed E-state index contributed by atoms with van der Waals surface area (Å²) >= 11 is 0. The second kappa shape index (κ2) is 38.9. The Morgan fingerprint density at radius 2 is 0.941 bits per heavy atom. The minimum atomic E-state index is -0.853. The van der Waals surface area contributed by atoms with Gasteiger partial charge in [0.1, 0.15) is 13.2 Å². The lowest BCUT2D eigenvalue weighted by molar-refractivity contribution is -0.166.